The molecule has 12 aromatic rings. The van der Waals surface area contributed by atoms with Crippen molar-refractivity contribution < 1.29 is 0 Å². The van der Waals surface area contributed by atoms with E-state index in [4.69, 9.17) is 4.98 Å². The number of hydrogen-bond acceptors (Lipinski definition) is 1. The number of rotatable bonds is 6. The van der Waals surface area contributed by atoms with Crippen molar-refractivity contribution in [2.45, 2.75) is 0 Å². The van der Waals surface area contributed by atoms with Crippen LogP contribution < -0.4 is 0 Å². The van der Waals surface area contributed by atoms with Gasteiger partial charge in [-0.1, -0.05) is 127 Å². The van der Waals surface area contributed by atoms with E-state index in [1.165, 1.54) is 43.5 Å². The predicted molar refractivity (Wildman–Crippen MR) is 246 cm³/mol. The van der Waals surface area contributed by atoms with Crippen LogP contribution in [0.4, 0.5) is 0 Å². The van der Waals surface area contributed by atoms with Crippen LogP contribution in [0.3, 0.4) is 0 Å². The molecule has 0 saturated heterocycles. The number of nitrogens with zero attached hydrogens (tertiary/aromatic N) is 4. The summed E-state index contributed by atoms with van der Waals surface area (Å²) >= 11 is 0. The molecule has 0 aliphatic heterocycles. The second-order valence-electron chi connectivity index (χ2n) is 15.3. The van der Waals surface area contributed by atoms with Crippen LogP contribution in [-0.4, -0.2) is 18.7 Å². The molecule has 4 nitrogen and oxygen atoms in total. The molecule has 4 heteroatoms. The van der Waals surface area contributed by atoms with E-state index in [0.29, 0.717) is 0 Å². The maximum Gasteiger partial charge on any atom is 0.0716 e. The Bertz CT molecular complexity index is 3460. The average molecular weight is 753 g/mol. The maximum absolute atomic E-state index is 5.31. The molecular formula is C55H36N4. The lowest BCUT2D eigenvalue weighted by Crippen LogP contribution is -1.97. The van der Waals surface area contributed by atoms with Crippen molar-refractivity contribution in [2.75, 3.05) is 0 Å². The molecule has 0 atom stereocenters. The molecule has 0 aliphatic rings. The molecule has 0 fully saturated rings. The number of hydrogen-bond donors (Lipinski definition) is 0. The van der Waals surface area contributed by atoms with E-state index in [2.05, 4.69) is 232 Å². The maximum atomic E-state index is 5.31. The molecule has 4 heterocycles. The van der Waals surface area contributed by atoms with E-state index >= 15 is 0 Å². The van der Waals surface area contributed by atoms with Gasteiger partial charge in [0.1, 0.15) is 0 Å². The third-order valence-electron chi connectivity index (χ3n) is 11.8. The van der Waals surface area contributed by atoms with Gasteiger partial charge in [0, 0.05) is 61.3 Å². The summed E-state index contributed by atoms with van der Waals surface area (Å²) in [5, 5.41) is 6.09. The van der Waals surface area contributed by atoms with Crippen LogP contribution in [0.15, 0.2) is 219 Å². The minimum absolute atomic E-state index is 0.932. The molecule has 59 heavy (non-hydrogen) atoms. The Hall–Kier alpha value is -7.95. The van der Waals surface area contributed by atoms with Crippen molar-refractivity contribution in [3.05, 3.63) is 219 Å². The number of fused-ring (bicyclic) bond motifs is 7. The van der Waals surface area contributed by atoms with Gasteiger partial charge in [0.15, 0.2) is 0 Å². The molecular weight excluding hydrogens is 717 g/mol. The van der Waals surface area contributed by atoms with Crippen molar-refractivity contribution >= 4 is 54.5 Å². The summed E-state index contributed by atoms with van der Waals surface area (Å²) in [4.78, 5) is 5.31. The second-order valence-corrected chi connectivity index (χ2v) is 15.3. The molecule has 0 radical (unpaired) electrons. The predicted octanol–water partition coefficient (Wildman–Crippen LogP) is 14.2. The van der Waals surface area contributed by atoms with Crippen molar-refractivity contribution in [3.63, 3.8) is 0 Å². The van der Waals surface area contributed by atoms with Gasteiger partial charge in [-0.05, 0) is 96.1 Å². The van der Waals surface area contributed by atoms with Crippen LogP contribution in [0.5, 0.6) is 0 Å². The van der Waals surface area contributed by atoms with Crippen LogP contribution in [0, 0.1) is 0 Å². The first kappa shape index (κ1) is 33.2. The first-order valence-corrected chi connectivity index (χ1v) is 20.1. The van der Waals surface area contributed by atoms with Gasteiger partial charge in [0.25, 0.3) is 0 Å². The third-order valence-corrected chi connectivity index (χ3v) is 11.8. The molecule has 0 spiro atoms. The summed E-state index contributed by atoms with van der Waals surface area (Å²) < 4.78 is 7.17. The molecule has 12 rings (SSSR count). The Balaban J connectivity index is 1.14. The van der Waals surface area contributed by atoms with Gasteiger partial charge in [0.05, 0.1) is 39.0 Å². The summed E-state index contributed by atoms with van der Waals surface area (Å²) in [5.41, 5.74) is 15.6. The fraction of sp³-hybridized carbons (Fsp3) is 0. The average Bonchev–Trinajstić information content (AvgIpc) is 3.98. The Kier molecular flexibility index (Phi) is 7.50. The van der Waals surface area contributed by atoms with E-state index < -0.39 is 0 Å². The summed E-state index contributed by atoms with van der Waals surface area (Å²) in [7, 11) is 0. The van der Waals surface area contributed by atoms with E-state index in [9.17, 15) is 0 Å². The first-order valence-electron chi connectivity index (χ1n) is 20.1. The zero-order valence-corrected chi connectivity index (χ0v) is 32.1. The van der Waals surface area contributed by atoms with Crippen LogP contribution in [0.2, 0.25) is 0 Å². The molecule has 276 valence electrons. The van der Waals surface area contributed by atoms with Crippen LogP contribution in [0.25, 0.3) is 105 Å². The quantitative estimate of drug-likeness (QED) is 0.166. The molecule has 0 unspecified atom stereocenters. The van der Waals surface area contributed by atoms with Crippen molar-refractivity contribution in [1.29, 1.82) is 0 Å². The van der Waals surface area contributed by atoms with Gasteiger partial charge < -0.3 is 13.7 Å². The van der Waals surface area contributed by atoms with Gasteiger partial charge >= 0.3 is 0 Å². The lowest BCUT2D eigenvalue weighted by molar-refractivity contribution is 1.13. The topological polar surface area (TPSA) is 27.7 Å². The van der Waals surface area contributed by atoms with Gasteiger partial charge in [-0.2, -0.15) is 0 Å². The highest BCUT2D eigenvalue weighted by Gasteiger charge is 2.20. The highest BCUT2D eigenvalue weighted by Crippen LogP contribution is 2.42. The third kappa shape index (κ3) is 5.42. The van der Waals surface area contributed by atoms with Crippen LogP contribution in [0.1, 0.15) is 0 Å². The summed E-state index contributed by atoms with van der Waals surface area (Å²) in [5.74, 6) is 0. The van der Waals surface area contributed by atoms with E-state index in [1.807, 2.05) is 0 Å². The minimum atomic E-state index is 0.932. The summed E-state index contributed by atoms with van der Waals surface area (Å²) in [6, 6.07) is 76.3. The standard InChI is InChI=1S/C55H36N4/c1-5-16-37(17-6-1)41-31-49(38-18-7-2-8-19-38)56-50(32-41)39-20-15-25-44(30-39)59-53-33-40-28-29-57(42-21-9-3-10-22-42)52(40)35-48(53)47-34-46-45-26-13-14-27-51(45)58(54(46)36-55(47)59)43-23-11-4-12-24-43/h1-36H. The zero-order valence-electron chi connectivity index (χ0n) is 32.1. The van der Waals surface area contributed by atoms with E-state index in [-0.39, 0.29) is 0 Å². The Morgan fingerprint density at radius 1 is 0.288 bits per heavy atom. The highest BCUT2D eigenvalue weighted by atomic mass is 15.0. The number of pyridine rings is 1. The van der Waals surface area contributed by atoms with Gasteiger partial charge in [0.2, 0.25) is 0 Å². The monoisotopic (exact) mass is 752 g/mol. The van der Waals surface area contributed by atoms with Crippen molar-refractivity contribution in [2.24, 2.45) is 0 Å². The molecule has 8 aromatic carbocycles. The molecule has 0 bridgehead atoms. The zero-order chi connectivity index (χ0) is 38.9. The van der Waals surface area contributed by atoms with E-state index in [1.54, 1.807) is 0 Å². The number of benzene rings is 8. The number of para-hydroxylation sites is 3. The fourth-order valence-electron chi connectivity index (χ4n) is 9.09. The van der Waals surface area contributed by atoms with Gasteiger partial charge in [-0.15, -0.1) is 0 Å². The summed E-state index contributed by atoms with van der Waals surface area (Å²) in [6.07, 6.45) is 2.19. The number of aromatic nitrogens is 4. The van der Waals surface area contributed by atoms with Crippen molar-refractivity contribution in [3.8, 4) is 50.7 Å². The van der Waals surface area contributed by atoms with Crippen LogP contribution >= 0.6 is 0 Å². The molecule has 4 aromatic heterocycles. The highest BCUT2D eigenvalue weighted by molar-refractivity contribution is 6.20. The van der Waals surface area contributed by atoms with Gasteiger partial charge in [-0.3, -0.25) is 0 Å². The lowest BCUT2D eigenvalue weighted by Gasteiger charge is -2.13. The van der Waals surface area contributed by atoms with E-state index in [0.717, 1.165) is 61.7 Å². The minimum Gasteiger partial charge on any atom is -0.317 e. The first-order chi connectivity index (χ1) is 29.2. The summed E-state index contributed by atoms with van der Waals surface area (Å²) in [6.45, 7) is 0. The molecule has 0 N–H and O–H groups in total. The van der Waals surface area contributed by atoms with Crippen LogP contribution in [-0.2, 0) is 0 Å². The molecule has 0 amide bonds. The SMILES string of the molecule is c1ccc(-c2cc(-c3ccccc3)nc(-c3cccc(-n4c5cc6ccn(-c7ccccc7)c6cc5c5cc6c7ccccc7n(-c7ccccc7)c6cc54)c3)c2)cc1. The smallest absolute Gasteiger partial charge is 0.0716 e. The van der Waals surface area contributed by atoms with Crippen molar-refractivity contribution in [1.82, 2.24) is 18.7 Å². The molecule has 0 aliphatic carbocycles. The Morgan fingerprint density at radius 2 is 0.831 bits per heavy atom. The Labute approximate surface area is 341 Å². The Morgan fingerprint density at radius 3 is 1.58 bits per heavy atom. The normalized spacial score (nSPS) is 11.7. The molecule has 0 saturated carbocycles. The van der Waals surface area contributed by atoms with Gasteiger partial charge in [-0.25, -0.2) is 4.98 Å². The second kappa shape index (κ2) is 13.3. The lowest BCUT2D eigenvalue weighted by atomic mass is 10.00. The largest absolute Gasteiger partial charge is 0.317 e. The fourth-order valence-corrected chi connectivity index (χ4v) is 9.09.